The molecule has 2 N–H and O–H groups in total. The van der Waals surface area contributed by atoms with Crippen LogP contribution >= 0.6 is 0 Å². The number of nitrogens with zero attached hydrogens (tertiary/aromatic N) is 1. The molecule has 0 radical (unpaired) electrons. The first-order valence-electron chi connectivity index (χ1n) is 9.33. The number of hydrogen-bond donors (Lipinski definition) is 2. The van der Waals surface area contributed by atoms with Gasteiger partial charge in [-0.05, 0) is 68.2 Å². The van der Waals surface area contributed by atoms with Gasteiger partial charge in [-0.25, -0.2) is 4.79 Å². The van der Waals surface area contributed by atoms with Crippen LogP contribution in [0.4, 0.5) is 10.5 Å². The van der Waals surface area contributed by atoms with Crippen LogP contribution in [0.1, 0.15) is 12.8 Å². The van der Waals surface area contributed by atoms with Crippen molar-refractivity contribution >= 4 is 11.8 Å². The van der Waals surface area contributed by atoms with Gasteiger partial charge in [-0.15, -0.1) is 0 Å². The zero-order valence-electron chi connectivity index (χ0n) is 15.3. The minimum atomic E-state index is -0.527. The summed E-state index contributed by atoms with van der Waals surface area (Å²) in [6.07, 6.45) is 1.57. The smallest absolute Gasteiger partial charge is 0.417 e. The molecule has 0 spiro atoms. The number of nitrogens with one attached hydrogen (secondary N) is 1. The molecular weight excluding hydrogens is 344 g/mol. The van der Waals surface area contributed by atoms with Crippen LogP contribution in [-0.2, 0) is 0 Å². The highest BCUT2D eigenvalue weighted by Crippen LogP contribution is 2.19. The van der Waals surface area contributed by atoms with E-state index in [1.165, 1.54) is 0 Å². The van der Waals surface area contributed by atoms with E-state index in [0.717, 1.165) is 38.2 Å². The zero-order chi connectivity index (χ0) is 18.9. The van der Waals surface area contributed by atoms with Crippen LogP contribution in [0.3, 0.4) is 0 Å². The van der Waals surface area contributed by atoms with E-state index in [1.54, 1.807) is 36.4 Å². The summed E-state index contributed by atoms with van der Waals surface area (Å²) < 4.78 is 11.0. The van der Waals surface area contributed by atoms with Crippen LogP contribution in [0, 0.1) is 5.92 Å². The summed E-state index contributed by atoms with van der Waals surface area (Å²) in [7, 11) is 0. The lowest BCUT2D eigenvalue weighted by atomic mass is 9.98. The van der Waals surface area contributed by atoms with Crippen molar-refractivity contribution in [2.45, 2.75) is 12.8 Å². The van der Waals surface area contributed by atoms with E-state index >= 15 is 0 Å². The number of carbonyl (C=O) groups is 1. The molecule has 0 atom stereocenters. The van der Waals surface area contributed by atoms with Crippen molar-refractivity contribution in [1.29, 1.82) is 0 Å². The Bertz CT molecular complexity index is 698. The Morgan fingerprint density at radius 2 is 1.70 bits per heavy atom. The van der Waals surface area contributed by atoms with Gasteiger partial charge in [0.1, 0.15) is 18.1 Å². The van der Waals surface area contributed by atoms with Crippen LogP contribution in [0.15, 0.2) is 54.6 Å². The van der Waals surface area contributed by atoms with Gasteiger partial charge in [-0.3, -0.25) is 10.2 Å². The fourth-order valence-corrected chi connectivity index (χ4v) is 3.06. The summed E-state index contributed by atoms with van der Waals surface area (Å²) in [5, 5.41) is 11.8. The molecule has 1 amide bonds. The highest BCUT2D eigenvalue weighted by Gasteiger charge is 2.17. The minimum absolute atomic E-state index is 0.294. The van der Waals surface area contributed by atoms with Crippen molar-refractivity contribution in [2.75, 3.05) is 38.2 Å². The highest BCUT2D eigenvalue weighted by molar-refractivity contribution is 5.86. The monoisotopic (exact) mass is 370 g/mol. The predicted molar refractivity (Wildman–Crippen MR) is 104 cm³/mol. The predicted octanol–water partition coefficient (Wildman–Crippen LogP) is 3.38. The Balaban J connectivity index is 1.38. The highest BCUT2D eigenvalue weighted by atomic mass is 16.6. The molecule has 2 aromatic carbocycles. The van der Waals surface area contributed by atoms with Gasteiger partial charge in [0.15, 0.2) is 0 Å². The third-order valence-corrected chi connectivity index (χ3v) is 4.70. The van der Waals surface area contributed by atoms with Crippen molar-refractivity contribution in [3.05, 3.63) is 54.6 Å². The summed E-state index contributed by atoms with van der Waals surface area (Å²) in [5.41, 5.74) is 0.686. The normalized spacial score (nSPS) is 15.3. The molecule has 27 heavy (non-hydrogen) atoms. The van der Waals surface area contributed by atoms with E-state index in [1.807, 2.05) is 18.2 Å². The minimum Gasteiger partial charge on any atom is -0.492 e. The van der Waals surface area contributed by atoms with Crippen molar-refractivity contribution in [2.24, 2.45) is 5.92 Å². The van der Waals surface area contributed by atoms with Gasteiger partial charge in [0.25, 0.3) is 0 Å². The number of piperidine rings is 1. The molecule has 1 aliphatic rings. The van der Waals surface area contributed by atoms with Gasteiger partial charge in [0.05, 0.1) is 0 Å². The second-order valence-electron chi connectivity index (χ2n) is 6.67. The fourth-order valence-electron chi connectivity index (χ4n) is 3.06. The maximum atomic E-state index is 11.9. The molecule has 3 rings (SSSR count). The van der Waals surface area contributed by atoms with E-state index < -0.39 is 6.09 Å². The van der Waals surface area contributed by atoms with Crippen LogP contribution in [-0.4, -0.2) is 48.9 Å². The molecular formula is C21H26N2O4. The number of aliphatic hydroxyl groups excluding tert-OH is 1. The van der Waals surface area contributed by atoms with E-state index in [2.05, 4.69) is 10.2 Å². The Kier molecular flexibility index (Phi) is 7.07. The zero-order valence-corrected chi connectivity index (χ0v) is 15.3. The fraction of sp³-hybridized carbons (Fsp3) is 0.381. The van der Waals surface area contributed by atoms with Crippen molar-refractivity contribution < 1.29 is 19.4 Å². The summed E-state index contributed by atoms with van der Waals surface area (Å²) in [5.74, 6) is 1.66. The number of hydrogen-bond acceptors (Lipinski definition) is 5. The Morgan fingerprint density at radius 1 is 1.04 bits per heavy atom. The van der Waals surface area contributed by atoms with Crippen LogP contribution in [0.2, 0.25) is 0 Å². The van der Waals surface area contributed by atoms with Crippen molar-refractivity contribution in [3.63, 3.8) is 0 Å². The molecule has 0 aliphatic carbocycles. The molecule has 0 saturated carbocycles. The van der Waals surface area contributed by atoms with Gasteiger partial charge in [-0.2, -0.15) is 0 Å². The lowest BCUT2D eigenvalue weighted by molar-refractivity contribution is 0.118. The van der Waals surface area contributed by atoms with E-state index in [0.29, 0.717) is 30.6 Å². The molecule has 144 valence electrons. The number of aliphatic hydroxyl groups is 1. The van der Waals surface area contributed by atoms with Crippen molar-refractivity contribution in [3.8, 4) is 11.5 Å². The third-order valence-electron chi connectivity index (χ3n) is 4.70. The van der Waals surface area contributed by atoms with Crippen molar-refractivity contribution in [1.82, 2.24) is 4.90 Å². The molecule has 1 aliphatic heterocycles. The Morgan fingerprint density at radius 3 is 2.37 bits per heavy atom. The van der Waals surface area contributed by atoms with E-state index in [4.69, 9.17) is 9.47 Å². The quantitative estimate of drug-likeness (QED) is 0.782. The molecule has 6 nitrogen and oxygen atoms in total. The largest absolute Gasteiger partial charge is 0.492 e. The van der Waals surface area contributed by atoms with Gasteiger partial charge < -0.3 is 14.6 Å². The maximum Gasteiger partial charge on any atom is 0.417 e. The molecule has 2 aromatic rings. The summed E-state index contributed by atoms with van der Waals surface area (Å²) in [6.45, 7) is 3.80. The molecule has 0 bridgehead atoms. The summed E-state index contributed by atoms with van der Waals surface area (Å²) in [6, 6.07) is 16.2. The molecule has 0 aromatic heterocycles. The number of rotatable bonds is 7. The summed E-state index contributed by atoms with van der Waals surface area (Å²) >= 11 is 0. The number of para-hydroxylation sites is 1. The number of anilines is 1. The molecule has 1 saturated heterocycles. The SMILES string of the molecule is O=C(Nc1ccccc1)Oc1ccc(OCCN2CCC(CO)CC2)cc1. The van der Waals surface area contributed by atoms with Gasteiger partial charge in [0, 0.05) is 18.8 Å². The van der Waals surface area contributed by atoms with Gasteiger partial charge >= 0.3 is 6.09 Å². The molecule has 1 heterocycles. The first kappa shape index (κ1) is 19.2. The number of ether oxygens (including phenoxy) is 2. The maximum absolute atomic E-state index is 11.9. The number of likely N-dealkylation sites (tertiary alicyclic amines) is 1. The average molecular weight is 370 g/mol. The summed E-state index contributed by atoms with van der Waals surface area (Å²) in [4.78, 5) is 14.2. The number of amides is 1. The standard InChI is InChI=1S/C21H26N2O4/c24-16-17-10-12-23(13-11-17)14-15-26-19-6-8-20(9-7-19)27-21(25)22-18-4-2-1-3-5-18/h1-9,17,24H,10-16H2,(H,22,25). The molecule has 1 fully saturated rings. The lowest BCUT2D eigenvalue weighted by Gasteiger charge is -2.30. The van der Waals surface area contributed by atoms with E-state index in [-0.39, 0.29) is 0 Å². The second-order valence-corrected chi connectivity index (χ2v) is 6.67. The van der Waals surface area contributed by atoms with Gasteiger partial charge in [0.2, 0.25) is 0 Å². The first-order chi connectivity index (χ1) is 13.2. The van der Waals surface area contributed by atoms with Gasteiger partial charge in [-0.1, -0.05) is 18.2 Å². The van der Waals surface area contributed by atoms with E-state index in [9.17, 15) is 9.90 Å². The number of benzene rings is 2. The van der Waals surface area contributed by atoms with Crippen LogP contribution in [0.25, 0.3) is 0 Å². The molecule has 6 heteroatoms. The first-order valence-corrected chi connectivity index (χ1v) is 9.33. The molecule has 0 unspecified atom stereocenters. The second kappa shape index (κ2) is 9.94. The van der Waals surface area contributed by atoms with Crippen LogP contribution < -0.4 is 14.8 Å². The topological polar surface area (TPSA) is 71.0 Å². The Labute approximate surface area is 159 Å². The Hall–Kier alpha value is -2.57. The third kappa shape index (κ3) is 6.27. The average Bonchev–Trinajstić information content (AvgIpc) is 2.70. The van der Waals surface area contributed by atoms with Crippen LogP contribution in [0.5, 0.6) is 11.5 Å². The number of carbonyl (C=O) groups excluding carboxylic acids is 1. The lowest BCUT2D eigenvalue weighted by Crippen LogP contribution is -2.37.